The predicted octanol–water partition coefficient (Wildman–Crippen LogP) is 1.53. The van der Waals surface area contributed by atoms with Crippen LogP contribution in [-0.4, -0.2) is 43.9 Å². The van der Waals surface area contributed by atoms with Gasteiger partial charge in [0.2, 0.25) is 10.0 Å². The second-order valence-electron chi connectivity index (χ2n) is 5.51. The molecule has 2 heterocycles. The van der Waals surface area contributed by atoms with Gasteiger partial charge in [-0.15, -0.1) is 0 Å². The smallest absolute Gasteiger partial charge is 0.245 e. The molecule has 1 aliphatic heterocycles. The predicted molar refractivity (Wildman–Crippen MR) is 82.7 cm³/mol. The molecule has 0 amide bonds. The Morgan fingerprint density at radius 1 is 1.38 bits per heavy atom. The molecule has 0 bridgehead atoms. The number of nitrogens with zero attached hydrogens (tertiary/aromatic N) is 2. The fraction of sp³-hybridized carbons (Fsp3) is 0.400. The van der Waals surface area contributed by atoms with Gasteiger partial charge in [0.25, 0.3) is 0 Å². The molecule has 5 nitrogen and oxygen atoms in total. The van der Waals surface area contributed by atoms with Gasteiger partial charge in [-0.2, -0.15) is 4.31 Å². The van der Waals surface area contributed by atoms with E-state index in [1.807, 2.05) is 19.1 Å². The van der Waals surface area contributed by atoms with Crippen LogP contribution < -0.4 is 5.32 Å². The number of para-hydroxylation sites is 1. The Hall–Kier alpha value is -1.50. The lowest BCUT2D eigenvalue weighted by molar-refractivity contribution is 0.388. The maximum Gasteiger partial charge on any atom is 0.245 e. The number of hydrogen-bond donors (Lipinski definition) is 1. The molecule has 0 saturated carbocycles. The highest BCUT2D eigenvalue weighted by Crippen LogP contribution is 2.26. The minimum Gasteiger partial charge on any atom is -0.315 e. The van der Waals surface area contributed by atoms with Crippen molar-refractivity contribution in [3.8, 4) is 0 Å². The van der Waals surface area contributed by atoms with E-state index in [0.717, 1.165) is 23.9 Å². The number of aryl methyl sites for hydroxylation is 1. The monoisotopic (exact) mass is 305 g/mol. The molecule has 1 fully saturated rings. The summed E-state index contributed by atoms with van der Waals surface area (Å²) in [4.78, 5) is 4.62. The summed E-state index contributed by atoms with van der Waals surface area (Å²) in [7, 11) is -1.88. The number of nitrogens with one attached hydrogen (secondary N) is 1. The molecule has 1 aliphatic rings. The number of fused-ring (bicyclic) bond motifs is 1. The van der Waals surface area contributed by atoms with E-state index in [1.54, 1.807) is 25.4 Å². The molecule has 1 saturated heterocycles. The van der Waals surface area contributed by atoms with Gasteiger partial charge in [-0.3, -0.25) is 4.98 Å². The van der Waals surface area contributed by atoms with E-state index in [4.69, 9.17) is 0 Å². The maximum atomic E-state index is 12.9. The van der Waals surface area contributed by atoms with Gasteiger partial charge in [0.05, 0.1) is 5.52 Å². The number of hydrogen-bond acceptors (Lipinski definition) is 4. The molecule has 0 radical (unpaired) electrons. The highest BCUT2D eigenvalue weighted by Gasteiger charge is 2.31. The first kappa shape index (κ1) is 14.4. The Labute approximate surface area is 125 Å². The van der Waals surface area contributed by atoms with Crippen LogP contribution in [0.2, 0.25) is 0 Å². The molecule has 21 heavy (non-hydrogen) atoms. The molecule has 1 atom stereocenters. The minimum atomic E-state index is -3.53. The maximum absolute atomic E-state index is 12.9. The molecule has 1 aromatic carbocycles. The van der Waals surface area contributed by atoms with Gasteiger partial charge in [0.15, 0.2) is 0 Å². The van der Waals surface area contributed by atoms with Crippen molar-refractivity contribution in [3.05, 3.63) is 36.0 Å². The van der Waals surface area contributed by atoms with Gasteiger partial charge in [-0.25, -0.2) is 8.42 Å². The van der Waals surface area contributed by atoms with Crippen molar-refractivity contribution in [2.75, 3.05) is 20.1 Å². The van der Waals surface area contributed by atoms with Crippen molar-refractivity contribution in [2.24, 2.45) is 0 Å². The molecule has 2 aromatic rings. The number of pyridine rings is 1. The van der Waals surface area contributed by atoms with E-state index in [1.165, 1.54) is 4.31 Å². The molecule has 0 spiro atoms. The molecule has 1 aromatic heterocycles. The van der Waals surface area contributed by atoms with Gasteiger partial charge in [-0.1, -0.05) is 12.1 Å². The van der Waals surface area contributed by atoms with Gasteiger partial charge < -0.3 is 5.32 Å². The third-order valence-electron chi connectivity index (χ3n) is 4.02. The third kappa shape index (κ3) is 2.54. The lowest BCUT2D eigenvalue weighted by Gasteiger charge is -2.23. The molecule has 1 unspecified atom stereocenters. The Bertz CT molecular complexity index is 768. The van der Waals surface area contributed by atoms with Crippen LogP contribution in [0.1, 0.15) is 12.0 Å². The average molecular weight is 305 g/mol. The number of sulfonamides is 1. The van der Waals surface area contributed by atoms with Gasteiger partial charge in [0.1, 0.15) is 4.90 Å². The van der Waals surface area contributed by atoms with Gasteiger partial charge in [-0.05, 0) is 37.6 Å². The first-order valence-corrected chi connectivity index (χ1v) is 8.48. The lowest BCUT2D eigenvalue weighted by Crippen LogP contribution is -2.38. The molecule has 3 rings (SSSR count). The number of likely N-dealkylation sites (N-methyl/N-ethyl adjacent to an activating group) is 1. The average Bonchev–Trinajstić information content (AvgIpc) is 2.99. The highest BCUT2D eigenvalue weighted by atomic mass is 32.2. The second-order valence-corrected chi connectivity index (χ2v) is 7.47. The van der Waals surface area contributed by atoms with Gasteiger partial charge >= 0.3 is 0 Å². The van der Waals surface area contributed by atoms with Gasteiger partial charge in [0, 0.05) is 31.2 Å². The topological polar surface area (TPSA) is 62.3 Å². The summed E-state index contributed by atoms with van der Waals surface area (Å²) < 4.78 is 27.2. The number of rotatable bonds is 3. The van der Waals surface area contributed by atoms with E-state index in [9.17, 15) is 8.42 Å². The van der Waals surface area contributed by atoms with Crippen LogP contribution in [0.5, 0.6) is 0 Å². The fourth-order valence-corrected chi connectivity index (χ4v) is 4.30. The summed E-state index contributed by atoms with van der Waals surface area (Å²) in [5, 5.41) is 4.06. The summed E-state index contributed by atoms with van der Waals surface area (Å²) in [6, 6.07) is 7.27. The Morgan fingerprint density at radius 2 is 2.19 bits per heavy atom. The largest absolute Gasteiger partial charge is 0.315 e. The summed E-state index contributed by atoms with van der Waals surface area (Å²) >= 11 is 0. The Balaban J connectivity index is 2.10. The molecule has 0 aliphatic carbocycles. The summed E-state index contributed by atoms with van der Waals surface area (Å²) in [5.41, 5.74) is 1.56. The Morgan fingerprint density at radius 3 is 2.90 bits per heavy atom. The zero-order valence-electron chi connectivity index (χ0n) is 12.2. The zero-order chi connectivity index (χ0) is 15.0. The van der Waals surface area contributed by atoms with E-state index in [2.05, 4.69) is 10.3 Å². The van der Waals surface area contributed by atoms with E-state index in [0.29, 0.717) is 12.1 Å². The van der Waals surface area contributed by atoms with Crippen LogP contribution in [0.25, 0.3) is 10.9 Å². The summed E-state index contributed by atoms with van der Waals surface area (Å²) in [5.74, 6) is 0. The van der Waals surface area contributed by atoms with Crippen LogP contribution >= 0.6 is 0 Å². The van der Waals surface area contributed by atoms with Crippen molar-refractivity contribution < 1.29 is 8.42 Å². The van der Waals surface area contributed by atoms with Crippen LogP contribution in [-0.2, 0) is 10.0 Å². The van der Waals surface area contributed by atoms with E-state index >= 15 is 0 Å². The number of benzene rings is 1. The standard InChI is InChI=1S/C15H19N3O2S/c1-11-8-12-4-3-5-14(15(12)17-9-11)21(19,20)18(2)13-6-7-16-10-13/h3-5,8-9,13,16H,6-7,10H2,1-2H3. The van der Waals surface area contributed by atoms with Crippen molar-refractivity contribution in [1.29, 1.82) is 0 Å². The SMILES string of the molecule is Cc1cnc2c(S(=O)(=O)N(C)C3CCNC3)cccc2c1. The second kappa shape index (κ2) is 5.36. The fourth-order valence-electron chi connectivity index (χ4n) is 2.75. The molecular formula is C15H19N3O2S. The molecular weight excluding hydrogens is 286 g/mol. The summed E-state index contributed by atoms with van der Waals surface area (Å²) in [6.07, 6.45) is 2.55. The lowest BCUT2D eigenvalue weighted by atomic mass is 10.2. The van der Waals surface area contributed by atoms with Crippen LogP contribution in [0.4, 0.5) is 0 Å². The van der Waals surface area contributed by atoms with Crippen LogP contribution in [0.15, 0.2) is 35.4 Å². The van der Waals surface area contributed by atoms with E-state index < -0.39 is 10.0 Å². The van der Waals surface area contributed by atoms with Crippen molar-refractivity contribution in [2.45, 2.75) is 24.3 Å². The first-order chi connectivity index (χ1) is 10.00. The summed E-state index contributed by atoms with van der Waals surface area (Å²) in [6.45, 7) is 3.51. The molecule has 1 N–H and O–H groups in total. The molecule has 6 heteroatoms. The first-order valence-electron chi connectivity index (χ1n) is 7.04. The normalized spacial score (nSPS) is 19.5. The molecule has 112 valence electrons. The zero-order valence-corrected chi connectivity index (χ0v) is 13.0. The van der Waals surface area contributed by atoms with Crippen molar-refractivity contribution >= 4 is 20.9 Å². The third-order valence-corrected chi connectivity index (χ3v) is 5.96. The number of aromatic nitrogens is 1. The quantitative estimate of drug-likeness (QED) is 0.934. The van der Waals surface area contributed by atoms with E-state index in [-0.39, 0.29) is 10.9 Å². The van der Waals surface area contributed by atoms with Crippen molar-refractivity contribution in [3.63, 3.8) is 0 Å². The van der Waals surface area contributed by atoms with Crippen LogP contribution in [0, 0.1) is 6.92 Å². The minimum absolute atomic E-state index is 0.00991. The van der Waals surface area contributed by atoms with Crippen LogP contribution in [0.3, 0.4) is 0 Å². The highest BCUT2D eigenvalue weighted by molar-refractivity contribution is 7.89. The Kier molecular flexibility index (Phi) is 3.69. The van der Waals surface area contributed by atoms with Crippen molar-refractivity contribution in [1.82, 2.24) is 14.6 Å².